The lowest BCUT2D eigenvalue weighted by Gasteiger charge is -2.08. The fraction of sp³-hybridized carbons (Fsp3) is 0.154. The van der Waals surface area contributed by atoms with Gasteiger partial charge in [0.05, 0.1) is 24.4 Å². The number of benzene rings is 1. The Morgan fingerprint density at radius 3 is 2.89 bits per heavy atom. The summed E-state index contributed by atoms with van der Waals surface area (Å²) in [6.45, 7) is 0.453. The smallest absolute Gasteiger partial charge is 0.203 e. The van der Waals surface area contributed by atoms with E-state index in [-0.39, 0.29) is 0 Å². The van der Waals surface area contributed by atoms with Crippen LogP contribution >= 0.6 is 11.6 Å². The molecule has 1 heterocycles. The molecule has 0 radical (unpaired) electrons. The first-order valence-corrected chi connectivity index (χ1v) is 5.67. The van der Waals surface area contributed by atoms with Gasteiger partial charge in [0, 0.05) is 6.07 Å². The zero-order valence-corrected chi connectivity index (χ0v) is 10.5. The van der Waals surface area contributed by atoms with Gasteiger partial charge in [-0.1, -0.05) is 11.6 Å². The Kier molecular flexibility index (Phi) is 3.75. The molecular weight excluding hydrogens is 252 g/mol. The molecule has 2 aromatic rings. The summed E-state index contributed by atoms with van der Waals surface area (Å²) in [4.78, 5) is 0. The normalized spacial score (nSPS) is 9.83. The van der Waals surface area contributed by atoms with Crippen LogP contribution in [-0.2, 0) is 6.54 Å². The Bertz CT molecular complexity index is 587. The summed E-state index contributed by atoms with van der Waals surface area (Å²) in [5.74, 6) is 1.69. The number of ether oxygens (including phenoxy) is 1. The molecule has 0 spiro atoms. The number of hydrogen-bond acceptors (Lipinski definition) is 4. The molecule has 0 fully saturated rings. The first kappa shape index (κ1) is 12.3. The molecule has 0 unspecified atom stereocenters. The second-order valence-electron chi connectivity index (χ2n) is 3.58. The molecule has 0 bridgehead atoms. The molecule has 0 aliphatic heterocycles. The highest BCUT2D eigenvalue weighted by Gasteiger charge is 2.04. The van der Waals surface area contributed by atoms with Gasteiger partial charge in [-0.25, -0.2) is 0 Å². The lowest BCUT2D eigenvalue weighted by atomic mass is 10.3. The van der Waals surface area contributed by atoms with Gasteiger partial charge in [0.25, 0.3) is 0 Å². The summed E-state index contributed by atoms with van der Waals surface area (Å²) in [7, 11) is 1.60. The summed E-state index contributed by atoms with van der Waals surface area (Å²) in [5, 5.41) is 12.4. The maximum Gasteiger partial charge on any atom is 0.203 e. The molecule has 1 aromatic carbocycles. The number of hydrogen-bond donors (Lipinski definition) is 1. The summed E-state index contributed by atoms with van der Waals surface area (Å²) in [6.07, 6.45) is 0. The molecule has 5 heteroatoms. The lowest BCUT2D eigenvalue weighted by Crippen LogP contribution is -1.99. The highest BCUT2D eigenvalue weighted by atomic mass is 35.5. The minimum Gasteiger partial charge on any atom is -0.497 e. The average molecular weight is 263 g/mol. The van der Waals surface area contributed by atoms with Gasteiger partial charge in [-0.3, -0.25) is 0 Å². The van der Waals surface area contributed by atoms with Crippen LogP contribution < -0.4 is 10.1 Å². The van der Waals surface area contributed by atoms with E-state index in [2.05, 4.69) is 5.32 Å². The molecule has 0 amide bonds. The molecule has 0 saturated carbocycles. The van der Waals surface area contributed by atoms with Gasteiger partial charge in [-0.15, -0.1) is 0 Å². The first-order valence-electron chi connectivity index (χ1n) is 5.29. The Morgan fingerprint density at radius 1 is 1.39 bits per heavy atom. The van der Waals surface area contributed by atoms with Gasteiger partial charge in [0.15, 0.2) is 0 Å². The van der Waals surface area contributed by atoms with Crippen molar-refractivity contribution < 1.29 is 9.15 Å². The number of methoxy groups -OCH3 is 1. The number of anilines is 1. The fourth-order valence-electron chi connectivity index (χ4n) is 1.48. The van der Waals surface area contributed by atoms with Crippen LogP contribution in [0.5, 0.6) is 5.75 Å². The van der Waals surface area contributed by atoms with E-state index in [9.17, 15) is 0 Å². The van der Waals surface area contributed by atoms with E-state index in [1.165, 1.54) is 0 Å². The molecule has 92 valence electrons. The third-order valence-corrected chi connectivity index (χ3v) is 2.73. The molecule has 4 nitrogen and oxygen atoms in total. The van der Waals surface area contributed by atoms with Crippen molar-refractivity contribution in [1.82, 2.24) is 0 Å². The van der Waals surface area contributed by atoms with E-state index < -0.39 is 0 Å². The molecule has 18 heavy (non-hydrogen) atoms. The largest absolute Gasteiger partial charge is 0.497 e. The molecule has 0 aliphatic rings. The zero-order chi connectivity index (χ0) is 13.0. The SMILES string of the molecule is COc1ccc(Cl)c(NCc2ccc(C#N)o2)c1. The van der Waals surface area contributed by atoms with Gasteiger partial charge in [0.1, 0.15) is 17.6 Å². The van der Waals surface area contributed by atoms with E-state index in [0.717, 1.165) is 11.4 Å². The van der Waals surface area contributed by atoms with Crippen molar-refractivity contribution in [2.24, 2.45) is 0 Å². The molecule has 1 aromatic heterocycles. The molecule has 0 saturated heterocycles. The Labute approximate surface area is 110 Å². The van der Waals surface area contributed by atoms with Crippen molar-refractivity contribution >= 4 is 17.3 Å². The average Bonchev–Trinajstić information content (AvgIpc) is 2.86. The first-order chi connectivity index (χ1) is 8.72. The van der Waals surface area contributed by atoms with Crippen molar-refractivity contribution in [2.75, 3.05) is 12.4 Å². The van der Waals surface area contributed by atoms with Gasteiger partial charge >= 0.3 is 0 Å². The third-order valence-electron chi connectivity index (χ3n) is 2.40. The number of halogens is 1. The minimum atomic E-state index is 0.295. The second-order valence-corrected chi connectivity index (χ2v) is 3.98. The van der Waals surface area contributed by atoms with E-state index in [1.807, 2.05) is 6.07 Å². The number of rotatable bonds is 4. The van der Waals surface area contributed by atoms with Crippen molar-refractivity contribution in [2.45, 2.75) is 6.54 Å². The fourth-order valence-corrected chi connectivity index (χ4v) is 1.67. The van der Waals surface area contributed by atoms with Crippen LogP contribution in [0.3, 0.4) is 0 Å². The van der Waals surface area contributed by atoms with Gasteiger partial charge in [0.2, 0.25) is 5.76 Å². The van der Waals surface area contributed by atoms with Gasteiger partial charge < -0.3 is 14.5 Å². The zero-order valence-electron chi connectivity index (χ0n) is 9.74. The van der Waals surface area contributed by atoms with Crippen LogP contribution in [0.1, 0.15) is 11.5 Å². The van der Waals surface area contributed by atoms with Crippen molar-refractivity contribution in [3.05, 3.63) is 46.9 Å². The summed E-state index contributed by atoms with van der Waals surface area (Å²) in [6, 6.07) is 10.7. The van der Waals surface area contributed by atoms with Crippen LogP contribution in [0.4, 0.5) is 5.69 Å². The van der Waals surface area contributed by atoms with Crippen LogP contribution in [0, 0.1) is 11.3 Å². The lowest BCUT2D eigenvalue weighted by molar-refractivity contribution is 0.415. The van der Waals surface area contributed by atoms with Crippen LogP contribution in [-0.4, -0.2) is 7.11 Å². The van der Waals surface area contributed by atoms with Crippen molar-refractivity contribution in [1.29, 1.82) is 5.26 Å². The van der Waals surface area contributed by atoms with E-state index in [4.69, 9.17) is 26.0 Å². The summed E-state index contributed by atoms with van der Waals surface area (Å²) in [5.41, 5.74) is 0.755. The monoisotopic (exact) mass is 262 g/mol. The van der Waals surface area contributed by atoms with Crippen molar-refractivity contribution in [3.8, 4) is 11.8 Å². The van der Waals surface area contributed by atoms with Crippen LogP contribution in [0.2, 0.25) is 5.02 Å². The van der Waals surface area contributed by atoms with Gasteiger partial charge in [-0.05, 0) is 24.3 Å². The van der Waals surface area contributed by atoms with E-state index >= 15 is 0 Å². The maximum absolute atomic E-state index is 8.65. The quantitative estimate of drug-likeness (QED) is 0.917. The topological polar surface area (TPSA) is 58.2 Å². The van der Waals surface area contributed by atoms with Gasteiger partial charge in [-0.2, -0.15) is 5.26 Å². The Hall–Kier alpha value is -2.12. The Balaban J connectivity index is 2.08. The predicted octanol–water partition coefficient (Wildman–Crippen LogP) is 3.43. The second kappa shape index (κ2) is 5.48. The molecule has 0 aliphatic carbocycles. The Morgan fingerprint density at radius 2 is 2.22 bits per heavy atom. The molecular formula is C13H11ClN2O2. The van der Waals surface area contributed by atoms with E-state index in [1.54, 1.807) is 37.4 Å². The van der Waals surface area contributed by atoms with Crippen LogP contribution in [0.15, 0.2) is 34.7 Å². The maximum atomic E-state index is 8.65. The standard InChI is InChI=1S/C13H11ClN2O2/c1-17-9-4-5-12(14)13(6-9)16-8-11-3-2-10(7-15)18-11/h2-6,16H,8H2,1H3. The molecule has 2 rings (SSSR count). The van der Waals surface area contributed by atoms with Crippen LogP contribution in [0.25, 0.3) is 0 Å². The molecule has 0 atom stereocenters. The predicted molar refractivity (Wildman–Crippen MR) is 68.8 cm³/mol. The third kappa shape index (κ3) is 2.76. The minimum absolute atomic E-state index is 0.295. The molecule has 1 N–H and O–H groups in total. The number of nitrogens with zero attached hydrogens (tertiary/aromatic N) is 1. The number of furan rings is 1. The van der Waals surface area contributed by atoms with E-state index in [0.29, 0.717) is 23.1 Å². The number of nitrogens with one attached hydrogen (secondary N) is 1. The van der Waals surface area contributed by atoms with Crippen molar-refractivity contribution in [3.63, 3.8) is 0 Å². The highest BCUT2D eigenvalue weighted by molar-refractivity contribution is 6.33. The summed E-state index contributed by atoms with van der Waals surface area (Å²) < 4.78 is 10.4. The summed E-state index contributed by atoms with van der Waals surface area (Å²) >= 11 is 6.05. The number of nitriles is 1. The highest BCUT2D eigenvalue weighted by Crippen LogP contribution is 2.27.